The summed E-state index contributed by atoms with van der Waals surface area (Å²) in [7, 11) is 2.05. The number of urea groups is 1. The fourth-order valence-electron chi connectivity index (χ4n) is 2.89. The number of carboxylic acids is 1. The molecule has 2 amide bonds. The molecule has 0 radical (unpaired) electrons. The molecular weight excluding hydrogens is 354 g/mol. The Labute approximate surface area is 166 Å². The van der Waals surface area contributed by atoms with Crippen molar-refractivity contribution in [3.8, 4) is 0 Å². The van der Waals surface area contributed by atoms with E-state index < -0.39 is 5.97 Å². The molecule has 2 aromatic carbocycles. The van der Waals surface area contributed by atoms with Crippen molar-refractivity contribution in [2.75, 3.05) is 13.6 Å². The van der Waals surface area contributed by atoms with Crippen LogP contribution >= 0.6 is 0 Å². The summed E-state index contributed by atoms with van der Waals surface area (Å²) in [5, 5.41) is 14.8. The second-order valence-electron chi connectivity index (χ2n) is 7.36. The third-order valence-corrected chi connectivity index (χ3v) is 4.58. The van der Waals surface area contributed by atoms with E-state index in [1.165, 1.54) is 17.7 Å². The van der Waals surface area contributed by atoms with Gasteiger partial charge in [-0.05, 0) is 36.2 Å². The van der Waals surface area contributed by atoms with Gasteiger partial charge in [0.1, 0.15) is 0 Å². The highest BCUT2D eigenvalue weighted by atomic mass is 16.4. The molecule has 150 valence electrons. The van der Waals surface area contributed by atoms with Gasteiger partial charge in [0.25, 0.3) is 0 Å². The molecule has 0 bridgehead atoms. The van der Waals surface area contributed by atoms with Crippen LogP contribution in [0.5, 0.6) is 0 Å². The van der Waals surface area contributed by atoms with Crippen LogP contribution in [0, 0.1) is 5.92 Å². The van der Waals surface area contributed by atoms with Gasteiger partial charge in [0.05, 0.1) is 5.56 Å². The Morgan fingerprint density at radius 1 is 1.00 bits per heavy atom. The van der Waals surface area contributed by atoms with E-state index in [0.29, 0.717) is 12.5 Å². The lowest BCUT2D eigenvalue weighted by molar-refractivity contribution is 0.0697. The summed E-state index contributed by atoms with van der Waals surface area (Å²) in [4.78, 5) is 25.4. The molecule has 28 heavy (non-hydrogen) atoms. The summed E-state index contributed by atoms with van der Waals surface area (Å²) in [5.41, 5.74) is 2.32. The van der Waals surface area contributed by atoms with Crippen LogP contribution in [0.3, 0.4) is 0 Å². The Kier molecular flexibility index (Phi) is 8.02. The zero-order valence-electron chi connectivity index (χ0n) is 16.7. The Hall–Kier alpha value is -2.86. The molecule has 0 saturated heterocycles. The van der Waals surface area contributed by atoms with E-state index in [4.69, 9.17) is 5.11 Å². The second-order valence-corrected chi connectivity index (χ2v) is 7.36. The van der Waals surface area contributed by atoms with E-state index in [9.17, 15) is 9.59 Å². The maximum atomic E-state index is 12.3. The molecule has 0 heterocycles. The zero-order chi connectivity index (χ0) is 20.5. The average molecular weight is 383 g/mol. The van der Waals surface area contributed by atoms with Gasteiger partial charge >= 0.3 is 12.0 Å². The normalized spacial score (nSPS) is 12.0. The van der Waals surface area contributed by atoms with Crippen LogP contribution < -0.4 is 10.6 Å². The van der Waals surface area contributed by atoms with Crippen molar-refractivity contribution in [2.24, 2.45) is 5.92 Å². The van der Waals surface area contributed by atoms with Gasteiger partial charge < -0.3 is 20.6 Å². The molecule has 2 aromatic rings. The van der Waals surface area contributed by atoms with Crippen LogP contribution in [-0.2, 0) is 13.1 Å². The summed E-state index contributed by atoms with van der Waals surface area (Å²) in [5.74, 6) is -0.671. The number of amides is 2. The van der Waals surface area contributed by atoms with Gasteiger partial charge in [0.15, 0.2) is 0 Å². The molecule has 0 fully saturated rings. The number of aromatic carboxylic acids is 1. The van der Waals surface area contributed by atoms with Gasteiger partial charge in [-0.3, -0.25) is 0 Å². The molecule has 0 aliphatic rings. The van der Waals surface area contributed by atoms with Gasteiger partial charge in [-0.1, -0.05) is 56.3 Å². The van der Waals surface area contributed by atoms with Gasteiger partial charge in [-0.2, -0.15) is 0 Å². The quantitative estimate of drug-likeness (QED) is 0.620. The summed E-state index contributed by atoms with van der Waals surface area (Å²) in [6.07, 6.45) is 0. The maximum Gasteiger partial charge on any atom is 0.335 e. The Morgan fingerprint density at radius 2 is 1.64 bits per heavy atom. The van der Waals surface area contributed by atoms with E-state index in [-0.39, 0.29) is 17.6 Å². The average Bonchev–Trinajstić information content (AvgIpc) is 2.66. The highest BCUT2D eigenvalue weighted by Crippen LogP contribution is 2.08. The monoisotopic (exact) mass is 383 g/mol. The van der Waals surface area contributed by atoms with Gasteiger partial charge in [-0.25, -0.2) is 9.59 Å². The second kappa shape index (κ2) is 10.5. The van der Waals surface area contributed by atoms with Crippen molar-refractivity contribution in [1.29, 1.82) is 0 Å². The highest BCUT2D eigenvalue weighted by Gasteiger charge is 2.18. The molecule has 0 spiro atoms. The van der Waals surface area contributed by atoms with Gasteiger partial charge in [-0.15, -0.1) is 0 Å². The van der Waals surface area contributed by atoms with E-state index in [1.54, 1.807) is 12.1 Å². The van der Waals surface area contributed by atoms with Crippen LogP contribution in [0.1, 0.15) is 35.3 Å². The van der Waals surface area contributed by atoms with Crippen LogP contribution in [-0.4, -0.2) is 41.6 Å². The van der Waals surface area contributed by atoms with Crippen molar-refractivity contribution in [3.05, 3.63) is 71.3 Å². The predicted molar refractivity (Wildman–Crippen MR) is 110 cm³/mol. The van der Waals surface area contributed by atoms with Crippen molar-refractivity contribution in [1.82, 2.24) is 15.5 Å². The number of hydrogen-bond donors (Lipinski definition) is 3. The number of rotatable bonds is 9. The lowest BCUT2D eigenvalue weighted by Crippen LogP contribution is -2.49. The van der Waals surface area contributed by atoms with Crippen molar-refractivity contribution >= 4 is 12.0 Å². The molecule has 0 aliphatic heterocycles. The number of likely N-dealkylation sites (N-methyl/N-ethyl adjacent to an activating group) is 1. The maximum absolute atomic E-state index is 12.3. The lowest BCUT2D eigenvalue weighted by Gasteiger charge is -2.28. The summed E-state index contributed by atoms with van der Waals surface area (Å²) < 4.78 is 0. The van der Waals surface area contributed by atoms with Gasteiger partial charge in [0, 0.05) is 25.7 Å². The molecule has 0 aromatic heterocycles. The number of benzene rings is 2. The number of carboxylic acid groups (broad SMARTS) is 1. The molecule has 6 nitrogen and oxygen atoms in total. The summed E-state index contributed by atoms with van der Waals surface area (Å²) in [6, 6.07) is 16.5. The smallest absolute Gasteiger partial charge is 0.335 e. The number of carbonyl (C=O) groups excluding carboxylic acids is 1. The minimum absolute atomic E-state index is 0.0168. The van der Waals surface area contributed by atoms with Gasteiger partial charge in [0.2, 0.25) is 0 Å². The van der Waals surface area contributed by atoms with Crippen LogP contribution in [0.4, 0.5) is 4.79 Å². The van der Waals surface area contributed by atoms with Crippen molar-refractivity contribution in [3.63, 3.8) is 0 Å². The molecule has 6 heteroatoms. The molecule has 1 unspecified atom stereocenters. The topological polar surface area (TPSA) is 81.7 Å². The van der Waals surface area contributed by atoms with E-state index in [1.807, 2.05) is 25.2 Å². The SMILES string of the molecule is CC(C)C(CN(C)Cc1ccccc1)NC(=O)NCc1ccc(C(=O)O)cc1. The molecule has 0 saturated carbocycles. The third kappa shape index (κ3) is 7.04. The fourth-order valence-corrected chi connectivity index (χ4v) is 2.89. The lowest BCUT2D eigenvalue weighted by atomic mass is 10.0. The number of hydrogen-bond acceptors (Lipinski definition) is 3. The van der Waals surface area contributed by atoms with Crippen molar-refractivity contribution in [2.45, 2.75) is 33.0 Å². The minimum atomic E-state index is -0.961. The van der Waals surface area contributed by atoms with E-state index in [0.717, 1.165) is 18.7 Å². The molecule has 0 aliphatic carbocycles. The number of carbonyl (C=O) groups is 2. The van der Waals surface area contributed by atoms with Crippen molar-refractivity contribution < 1.29 is 14.7 Å². The number of nitrogens with one attached hydrogen (secondary N) is 2. The molecule has 3 N–H and O–H groups in total. The first-order chi connectivity index (χ1) is 13.3. The van der Waals surface area contributed by atoms with Crippen LogP contribution in [0.25, 0.3) is 0 Å². The molecule has 1 atom stereocenters. The zero-order valence-corrected chi connectivity index (χ0v) is 16.7. The first-order valence-electron chi connectivity index (χ1n) is 9.44. The first-order valence-corrected chi connectivity index (χ1v) is 9.44. The standard InChI is InChI=1S/C22H29N3O3/c1-16(2)20(15-25(3)14-18-7-5-4-6-8-18)24-22(28)23-13-17-9-11-19(12-10-17)21(26)27/h4-12,16,20H,13-15H2,1-3H3,(H,26,27)(H2,23,24,28). The first kappa shape index (κ1) is 21.4. The largest absolute Gasteiger partial charge is 0.478 e. The van der Waals surface area contributed by atoms with Crippen LogP contribution in [0.15, 0.2) is 54.6 Å². The Morgan fingerprint density at radius 3 is 2.21 bits per heavy atom. The Bertz CT molecular complexity index is 760. The van der Waals surface area contributed by atoms with E-state index >= 15 is 0 Å². The Balaban J connectivity index is 1.83. The van der Waals surface area contributed by atoms with E-state index in [2.05, 4.69) is 41.5 Å². The fraction of sp³-hybridized carbons (Fsp3) is 0.364. The molecule has 2 rings (SSSR count). The summed E-state index contributed by atoms with van der Waals surface area (Å²) in [6.45, 7) is 6.09. The highest BCUT2D eigenvalue weighted by molar-refractivity contribution is 5.87. The summed E-state index contributed by atoms with van der Waals surface area (Å²) >= 11 is 0. The molecular formula is C22H29N3O3. The predicted octanol–water partition coefficient (Wildman–Crippen LogP) is 3.34. The van der Waals surface area contributed by atoms with Crippen LogP contribution in [0.2, 0.25) is 0 Å². The minimum Gasteiger partial charge on any atom is -0.478 e. The third-order valence-electron chi connectivity index (χ3n) is 4.58. The number of nitrogens with zero attached hydrogens (tertiary/aromatic N) is 1.